The van der Waals surface area contributed by atoms with Gasteiger partial charge < -0.3 is 5.73 Å². The quantitative estimate of drug-likeness (QED) is 0.476. The molecule has 2 heteroatoms. The van der Waals surface area contributed by atoms with Gasteiger partial charge in [0.15, 0.2) is 0 Å². The van der Waals surface area contributed by atoms with Gasteiger partial charge in [0.1, 0.15) is 0 Å². The standard InChI is InChI=1S/C10H16N2/c1-10(2,9(11)12)8-6-4-3-5-7-8/h3-6,8H,7H2,1-2H3,(H3,11,12). The molecule has 0 amide bonds. The van der Waals surface area contributed by atoms with Crippen LogP contribution in [0, 0.1) is 16.7 Å². The van der Waals surface area contributed by atoms with Crippen LogP contribution in [0.1, 0.15) is 20.3 Å². The first-order valence-corrected chi connectivity index (χ1v) is 4.23. The van der Waals surface area contributed by atoms with Gasteiger partial charge in [0.05, 0.1) is 5.84 Å². The molecule has 0 heterocycles. The molecule has 1 atom stereocenters. The summed E-state index contributed by atoms with van der Waals surface area (Å²) in [4.78, 5) is 0. The molecule has 3 N–H and O–H groups in total. The molecular formula is C10H16N2. The first-order chi connectivity index (χ1) is 5.55. The minimum absolute atomic E-state index is 0.207. The first-order valence-electron chi connectivity index (χ1n) is 4.23. The lowest BCUT2D eigenvalue weighted by molar-refractivity contribution is 0.370. The van der Waals surface area contributed by atoms with E-state index in [1.165, 1.54) is 0 Å². The largest absolute Gasteiger partial charge is 0.387 e. The van der Waals surface area contributed by atoms with E-state index in [0.717, 1.165) is 6.42 Å². The molecule has 0 bridgehead atoms. The minimum Gasteiger partial charge on any atom is -0.387 e. The average molecular weight is 164 g/mol. The minimum atomic E-state index is -0.207. The van der Waals surface area contributed by atoms with Crippen LogP contribution in [-0.4, -0.2) is 5.84 Å². The molecule has 1 aliphatic carbocycles. The van der Waals surface area contributed by atoms with Gasteiger partial charge in [0.2, 0.25) is 0 Å². The van der Waals surface area contributed by atoms with E-state index in [0.29, 0.717) is 5.92 Å². The molecule has 66 valence electrons. The molecule has 0 aromatic rings. The van der Waals surface area contributed by atoms with Gasteiger partial charge in [-0.2, -0.15) is 0 Å². The number of hydrogen-bond acceptors (Lipinski definition) is 1. The lowest BCUT2D eigenvalue weighted by atomic mass is 9.75. The van der Waals surface area contributed by atoms with Gasteiger partial charge in [-0.15, -0.1) is 0 Å². The van der Waals surface area contributed by atoms with Crippen molar-refractivity contribution in [1.82, 2.24) is 0 Å². The molecule has 0 aliphatic heterocycles. The molecule has 12 heavy (non-hydrogen) atoms. The Labute approximate surface area is 73.7 Å². The van der Waals surface area contributed by atoms with Crippen molar-refractivity contribution in [1.29, 1.82) is 5.41 Å². The van der Waals surface area contributed by atoms with E-state index in [9.17, 15) is 0 Å². The highest BCUT2D eigenvalue weighted by Crippen LogP contribution is 2.32. The van der Waals surface area contributed by atoms with E-state index < -0.39 is 0 Å². The summed E-state index contributed by atoms with van der Waals surface area (Å²) in [5.41, 5.74) is 5.32. The molecule has 1 aliphatic rings. The monoisotopic (exact) mass is 164 g/mol. The van der Waals surface area contributed by atoms with E-state index in [-0.39, 0.29) is 11.3 Å². The van der Waals surface area contributed by atoms with Crippen molar-refractivity contribution in [3.05, 3.63) is 24.3 Å². The number of hydrogen-bond donors (Lipinski definition) is 2. The van der Waals surface area contributed by atoms with Crippen LogP contribution in [0.4, 0.5) is 0 Å². The Balaban J connectivity index is 2.75. The van der Waals surface area contributed by atoms with E-state index >= 15 is 0 Å². The zero-order chi connectivity index (χ0) is 9.19. The first kappa shape index (κ1) is 9.04. The number of nitrogens with one attached hydrogen (secondary N) is 1. The molecule has 0 radical (unpaired) electrons. The van der Waals surface area contributed by atoms with Gasteiger partial charge in [-0.3, -0.25) is 5.41 Å². The number of nitrogens with two attached hydrogens (primary N) is 1. The van der Waals surface area contributed by atoms with Crippen LogP contribution >= 0.6 is 0 Å². The summed E-state index contributed by atoms with van der Waals surface area (Å²) < 4.78 is 0. The Morgan fingerprint density at radius 3 is 2.58 bits per heavy atom. The smallest absolute Gasteiger partial charge is 0.0969 e. The molecule has 1 rings (SSSR count). The molecular weight excluding hydrogens is 148 g/mol. The van der Waals surface area contributed by atoms with E-state index in [1.807, 2.05) is 26.0 Å². The molecule has 0 saturated carbocycles. The maximum Gasteiger partial charge on any atom is 0.0969 e. The molecule has 0 fully saturated rings. The van der Waals surface area contributed by atoms with E-state index in [2.05, 4.69) is 12.2 Å². The Morgan fingerprint density at radius 2 is 2.17 bits per heavy atom. The van der Waals surface area contributed by atoms with Crippen molar-refractivity contribution in [2.24, 2.45) is 17.1 Å². The number of amidine groups is 1. The highest BCUT2D eigenvalue weighted by Gasteiger charge is 2.30. The summed E-state index contributed by atoms with van der Waals surface area (Å²) in [6.07, 6.45) is 9.30. The third-order valence-corrected chi connectivity index (χ3v) is 2.60. The molecule has 1 unspecified atom stereocenters. The molecule has 0 spiro atoms. The van der Waals surface area contributed by atoms with Crippen molar-refractivity contribution < 1.29 is 0 Å². The zero-order valence-electron chi connectivity index (χ0n) is 7.67. The molecule has 0 aromatic heterocycles. The van der Waals surface area contributed by atoms with Gasteiger partial charge in [-0.1, -0.05) is 38.2 Å². The summed E-state index contributed by atoms with van der Waals surface area (Å²) >= 11 is 0. The zero-order valence-corrected chi connectivity index (χ0v) is 7.67. The summed E-state index contributed by atoms with van der Waals surface area (Å²) in [6.45, 7) is 4.03. The fourth-order valence-corrected chi connectivity index (χ4v) is 1.32. The predicted molar refractivity (Wildman–Crippen MR) is 52.1 cm³/mol. The topological polar surface area (TPSA) is 49.9 Å². The normalized spacial score (nSPS) is 22.7. The maximum absolute atomic E-state index is 7.45. The van der Waals surface area contributed by atoms with Gasteiger partial charge in [-0.25, -0.2) is 0 Å². The Bertz CT molecular complexity index is 236. The van der Waals surface area contributed by atoms with Crippen molar-refractivity contribution >= 4 is 5.84 Å². The number of allylic oxidation sites excluding steroid dienone is 4. The van der Waals surface area contributed by atoms with E-state index in [1.54, 1.807) is 0 Å². The Morgan fingerprint density at radius 1 is 1.50 bits per heavy atom. The van der Waals surface area contributed by atoms with Crippen molar-refractivity contribution in [3.63, 3.8) is 0 Å². The van der Waals surface area contributed by atoms with Crippen molar-refractivity contribution in [2.75, 3.05) is 0 Å². The SMILES string of the molecule is CC(C)(C(=N)N)C1C=CC=CC1. The summed E-state index contributed by atoms with van der Waals surface area (Å²) in [5.74, 6) is 0.646. The molecule has 0 aromatic carbocycles. The summed E-state index contributed by atoms with van der Waals surface area (Å²) in [6, 6.07) is 0. The van der Waals surface area contributed by atoms with Crippen LogP contribution in [0.2, 0.25) is 0 Å². The third-order valence-electron chi connectivity index (χ3n) is 2.60. The summed E-state index contributed by atoms with van der Waals surface area (Å²) in [5, 5.41) is 7.45. The average Bonchev–Trinajstić information content (AvgIpc) is 2.06. The fourth-order valence-electron chi connectivity index (χ4n) is 1.32. The highest BCUT2D eigenvalue weighted by molar-refractivity contribution is 5.83. The van der Waals surface area contributed by atoms with Crippen molar-refractivity contribution in [3.8, 4) is 0 Å². The van der Waals surface area contributed by atoms with Gasteiger partial charge in [0, 0.05) is 5.41 Å². The lowest BCUT2D eigenvalue weighted by Gasteiger charge is -2.31. The van der Waals surface area contributed by atoms with Crippen LogP contribution in [-0.2, 0) is 0 Å². The highest BCUT2D eigenvalue weighted by atomic mass is 14.7. The van der Waals surface area contributed by atoms with Crippen LogP contribution in [0.3, 0.4) is 0 Å². The van der Waals surface area contributed by atoms with Gasteiger partial charge in [-0.05, 0) is 12.3 Å². The molecule has 2 nitrogen and oxygen atoms in total. The molecule has 0 saturated heterocycles. The second-order valence-electron chi connectivity index (χ2n) is 3.79. The van der Waals surface area contributed by atoms with Crippen LogP contribution in [0.15, 0.2) is 24.3 Å². The predicted octanol–water partition coefficient (Wildman–Crippen LogP) is 2.08. The number of rotatable bonds is 2. The fraction of sp³-hybridized carbons (Fsp3) is 0.500. The van der Waals surface area contributed by atoms with Crippen LogP contribution in [0.5, 0.6) is 0 Å². The second-order valence-corrected chi connectivity index (χ2v) is 3.79. The van der Waals surface area contributed by atoms with Crippen molar-refractivity contribution in [2.45, 2.75) is 20.3 Å². The second kappa shape index (κ2) is 3.13. The summed E-state index contributed by atoms with van der Waals surface area (Å²) in [7, 11) is 0. The van der Waals surface area contributed by atoms with Crippen LogP contribution in [0.25, 0.3) is 0 Å². The lowest BCUT2D eigenvalue weighted by Crippen LogP contribution is -2.37. The Hall–Kier alpha value is -1.05. The van der Waals surface area contributed by atoms with E-state index in [4.69, 9.17) is 11.1 Å². The Kier molecular flexibility index (Phi) is 2.36. The van der Waals surface area contributed by atoms with Crippen LogP contribution < -0.4 is 5.73 Å². The van der Waals surface area contributed by atoms with Gasteiger partial charge >= 0.3 is 0 Å². The third kappa shape index (κ3) is 1.58. The maximum atomic E-state index is 7.45. The van der Waals surface area contributed by atoms with Gasteiger partial charge in [0.25, 0.3) is 0 Å².